The summed E-state index contributed by atoms with van der Waals surface area (Å²) in [6, 6.07) is 8.12. The predicted molar refractivity (Wildman–Crippen MR) is 95.7 cm³/mol. The molecule has 0 atom stereocenters. The van der Waals surface area contributed by atoms with Gasteiger partial charge in [-0.05, 0) is 53.1 Å². The van der Waals surface area contributed by atoms with Gasteiger partial charge in [0, 0.05) is 16.8 Å². The highest BCUT2D eigenvalue weighted by molar-refractivity contribution is 14.1. The number of rotatable bonds is 3. The van der Waals surface area contributed by atoms with Crippen molar-refractivity contribution in [2.24, 2.45) is 0 Å². The van der Waals surface area contributed by atoms with Crippen molar-refractivity contribution in [3.63, 3.8) is 0 Å². The highest BCUT2D eigenvalue weighted by atomic mass is 127. The Morgan fingerprint density at radius 3 is 2.81 bits per heavy atom. The highest BCUT2D eigenvalue weighted by Crippen LogP contribution is 2.34. The Labute approximate surface area is 145 Å². The van der Waals surface area contributed by atoms with E-state index in [9.17, 15) is 4.79 Å². The van der Waals surface area contributed by atoms with Crippen molar-refractivity contribution in [2.45, 2.75) is 38.0 Å². The van der Waals surface area contributed by atoms with E-state index in [1.807, 2.05) is 12.1 Å². The van der Waals surface area contributed by atoms with Crippen LogP contribution in [0.25, 0.3) is 0 Å². The van der Waals surface area contributed by atoms with E-state index in [1.54, 1.807) is 0 Å². The zero-order valence-corrected chi connectivity index (χ0v) is 15.3. The molecule has 0 saturated heterocycles. The largest absolute Gasteiger partial charge is 0.309 e. The molecule has 0 aliphatic heterocycles. The van der Waals surface area contributed by atoms with Crippen LogP contribution in [0.5, 0.6) is 0 Å². The summed E-state index contributed by atoms with van der Waals surface area (Å²) in [7, 11) is 0. The van der Waals surface area contributed by atoms with E-state index in [0.717, 1.165) is 38.0 Å². The summed E-state index contributed by atoms with van der Waals surface area (Å²) in [5.41, 5.74) is 2.14. The van der Waals surface area contributed by atoms with Crippen molar-refractivity contribution in [2.75, 3.05) is 0 Å². The van der Waals surface area contributed by atoms with Crippen LogP contribution >= 0.6 is 38.5 Å². The van der Waals surface area contributed by atoms with Gasteiger partial charge in [-0.1, -0.05) is 40.9 Å². The summed E-state index contributed by atoms with van der Waals surface area (Å²) in [4.78, 5) is 19.8. The van der Waals surface area contributed by atoms with E-state index in [0.29, 0.717) is 12.3 Å². The maximum absolute atomic E-state index is 12.2. The minimum atomic E-state index is -0.00232. The van der Waals surface area contributed by atoms with Gasteiger partial charge in [0.2, 0.25) is 0 Å². The second-order valence-corrected chi connectivity index (χ2v) is 7.49. The molecule has 110 valence electrons. The quantitative estimate of drug-likeness (QED) is 0.693. The van der Waals surface area contributed by atoms with Crippen molar-refractivity contribution in [3.8, 4) is 0 Å². The highest BCUT2D eigenvalue weighted by Gasteiger charge is 2.22. The number of aromatic amines is 1. The minimum Gasteiger partial charge on any atom is -0.309 e. The number of nitrogens with zero attached hydrogens (tertiary/aromatic N) is 1. The molecule has 0 bridgehead atoms. The van der Waals surface area contributed by atoms with Gasteiger partial charge in [-0.3, -0.25) is 4.79 Å². The zero-order valence-electron chi connectivity index (χ0n) is 11.5. The number of nitrogens with one attached hydrogen (secondary N) is 1. The molecule has 1 aromatic heterocycles. The lowest BCUT2D eigenvalue weighted by Gasteiger charge is -2.12. The van der Waals surface area contributed by atoms with Crippen molar-refractivity contribution < 1.29 is 0 Å². The molecule has 1 aliphatic carbocycles. The number of H-pyrrole nitrogens is 1. The van der Waals surface area contributed by atoms with Gasteiger partial charge >= 0.3 is 0 Å². The van der Waals surface area contributed by atoms with Gasteiger partial charge in [0.05, 0.1) is 9.26 Å². The summed E-state index contributed by atoms with van der Waals surface area (Å²) in [5, 5.41) is 0. The molecule has 0 spiro atoms. The predicted octanol–water partition coefficient (Wildman–Crippen LogP) is 4.39. The lowest BCUT2D eigenvalue weighted by molar-refractivity contribution is 0.677. The molecule has 5 heteroatoms. The molecule has 2 aromatic rings. The van der Waals surface area contributed by atoms with Gasteiger partial charge in [-0.2, -0.15) is 0 Å². The Balaban J connectivity index is 1.94. The molecule has 1 aromatic carbocycles. The Bertz CT molecular complexity index is 708. The van der Waals surface area contributed by atoms with Crippen LogP contribution in [-0.2, 0) is 6.42 Å². The van der Waals surface area contributed by atoms with Crippen molar-refractivity contribution in [1.29, 1.82) is 0 Å². The molecule has 1 aliphatic rings. The molecular weight excluding hydrogens is 443 g/mol. The second-order valence-electron chi connectivity index (χ2n) is 5.50. The molecule has 21 heavy (non-hydrogen) atoms. The first-order valence-corrected chi connectivity index (χ1v) is 9.03. The van der Waals surface area contributed by atoms with Gasteiger partial charge in [0.15, 0.2) is 0 Å². The summed E-state index contributed by atoms with van der Waals surface area (Å²) in [6.45, 7) is 0. The molecular formula is C16H16BrIN2O. The van der Waals surface area contributed by atoms with Crippen LogP contribution in [0.3, 0.4) is 0 Å². The van der Waals surface area contributed by atoms with Crippen LogP contribution < -0.4 is 5.56 Å². The molecule has 1 fully saturated rings. The Morgan fingerprint density at radius 2 is 2.10 bits per heavy atom. The van der Waals surface area contributed by atoms with Crippen molar-refractivity contribution >= 4 is 38.5 Å². The van der Waals surface area contributed by atoms with Gasteiger partial charge in [0.1, 0.15) is 5.82 Å². The minimum absolute atomic E-state index is 0.00232. The number of hydrogen-bond donors (Lipinski definition) is 1. The first kappa shape index (κ1) is 15.2. The van der Waals surface area contributed by atoms with Crippen LogP contribution in [0.4, 0.5) is 0 Å². The van der Waals surface area contributed by atoms with Crippen LogP contribution in [0.15, 0.2) is 33.5 Å². The van der Waals surface area contributed by atoms with E-state index < -0.39 is 0 Å². The molecule has 3 rings (SSSR count). The summed E-state index contributed by atoms with van der Waals surface area (Å²) in [6.07, 6.45) is 5.46. The third-order valence-electron chi connectivity index (χ3n) is 3.94. The fourth-order valence-electron chi connectivity index (χ4n) is 2.92. The Hall–Kier alpha value is -0.690. The lowest BCUT2D eigenvalue weighted by Crippen LogP contribution is -2.19. The van der Waals surface area contributed by atoms with Crippen molar-refractivity contribution in [1.82, 2.24) is 9.97 Å². The van der Waals surface area contributed by atoms with Gasteiger partial charge in [-0.15, -0.1) is 0 Å². The molecule has 0 radical (unpaired) electrons. The van der Waals surface area contributed by atoms with E-state index in [2.05, 4.69) is 55.6 Å². The lowest BCUT2D eigenvalue weighted by atomic mass is 10.0. The van der Waals surface area contributed by atoms with Gasteiger partial charge < -0.3 is 4.98 Å². The molecule has 0 unspecified atom stereocenters. The van der Waals surface area contributed by atoms with E-state index in [1.165, 1.54) is 12.8 Å². The first-order chi connectivity index (χ1) is 10.1. The topological polar surface area (TPSA) is 45.8 Å². The molecule has 1 saturated carbocycles. The molecule has 3 nitrogen and oxygen atoms in total. The SMILES string of the molecule is O=c1[nH]c(Cc2cccc(Br)c2)nc(C2CCCC2)c1I. The zero-order chi connectivity index (χ0) is 14.8. The fourth-order valence-corrected chi connectivity index (χ4v) is 4.06. The molecule has 1 heterocycles. The third kappa shape index (κ3) is 3.56. The second kappa shape index (κ2) is 6.60. The average molecular weight is 459 g/mol. The van der Waals surface area contributed by atoms with Crippen LogP contribution in [0, 0.1) is 3.57 Å². The van der Waals surface area contributed by atoms with Crippen LogP contribution in [-0.4, -0.2) is 9.97 Å². The van der Waals surface area contributed by atoms with Crippen LogP contribution in [0.1, 0.15) is 48.7 Å². The average Bonchev–Trinajstić information content (AvgIpc) is 2.96. The summed E-state index contributed by atoms with van der Waals surface area (Å²) >= 11 is 5.61. The van der Waals surface area contributed by atoms with E-state index in [-0.39, 0.29) is 5.56 Å². The maximum atomic E-state index is 12.2. The fraction of sp³-hybridized carbons (Fsp3) is 0.375. The van der Waals surface area contributed by atoms with Gasteiger partial charge in [0.25, 0.3) is 5.56 Å². The monoisotopic (exact) mass is 458 g/mol. The van der Waals surface area contributed by atoms with Gasteiger partial charge in [-0.25, -0.2) is 4.98 Å². The maximum Gasteiger partial charge on any atom is 0.264 e. The third-order valence-corrected chi connectivity index (χ3v) is 5.48. The Kier molecular flexibility index (Phi) is 4.78. The number of benzene rings is 1. The summed E-state index contributed by atoms with van der Waals surface area (Å²) in [5.74, 6) is 1.22. The molecule has 0 amide bonds. The smallest absolute Gasteiger partial charge is 0.264 e. The molecule has 1 N–H and O–H groups in total. The van der Waals surface area contributed by atoms with Crippen molar-refractivity contribution in [3.05, 3.63) is 59.7 Å². The van der Waals surface area contributed by atoms with E-state index in [4.69, 9.17) is 4.98 Å². The first-order valence-electron chi connectivity index (χ1n) is 7.16. The number of halogens is 2. The summed E-state index contributed by atoms with van der Waals surface area (Å²) < 4.78 is 1.81. The Morgan fingerprint density at radius 1 is 1.33 bits per heavy atom. The number of hydrogen-bond acceptors (Lipinski definition) is 2. The number of aromatic nitrogens is 2. The van der Waals surface area contributed by atoms with E-state index >= 15 is 0 Å². The standard InChI is InChI=1S/C16H16BrIN2O/c17-12-7-3-4-10(8-12)9-13-19-15(11-5-1-2-6-11)14(18)16(21)20-13/h3-4,7-8,11H,1-2,5-6,9H2,(H,19,20,21). The van der Waals surface area contributed by atoms with Crippen LogP contribution in [0.2, 0.25) is 0 Å². The normalized spacial score (nSPS) is 15.5.